The number of halogens is 1. The molecule has 1 N–H and O–H groups in total. The molecule has 1 atom stereocenters. The summed E-state index contributed by atoms with van der Waals surface area (Å²) in [6.45, 7) is 3.21. The predicted octanol–water partition coefficient (Wildman–Crippen LogP) is 2.69. The first-order valence-corrected chi connectivity index (χ1v) is 7.97. The number of carbonyl (C=O) groups excluding carboxylic acids is 2. The average Bonchev–Trinajstić information content (AvgIpc) is 2.61. The van der Waals surface area contributed by atoms with Crippen LogP contribution >= 0.6 is 0 Å². The van der Waals surface area contributed by atoms with E-state index in [9.17, 15) is 14.0 Å². The molecule has 1 aromatic rings. The van der Waals surface area contributed by atoms with Crippen molar-refractivity contribution in [2.75, 3.05) is 13.7 Å². The zero-order valence-corrected chi connectivity index (χ0v) is 14.8. The van der Waals surface area contributed by atoms with Crippen LogP contribution in [0.15, 0.2) is 46.8 Å². The van der Waals surface area contributed by atoms with Gasteiger partial charge in [0, 0.05) is 17.0 Å². The van der Waals surface area contributed by atoms with Gasteiger partial charge in [0.25, 0.3) is 0 Å². The quantitative estimate of drug-likeness (QED) is 0.643. The summed E-state index contributed by atoms with van der Waals surface area (Å²) in [4.78, 5) is 25.0. The molecule has 0 saturated heterocycles. The number of benzene rings is 1. The summed E-state index contributed by atoms with van der Waals surface area (Å²) >= 11 is 0. The maximum Gasteiger partial charge on any atom is 0.336 e. The van der Waals surface area contributed by atoms with Gasteiger partial charge in [-0.05, 0) is 19.9 Å². The van der Waals surface area contributed by atoms with Crippen LogP contribution in [-0.2, 0) is 19.1 Å². The van der Waals surface area contributed by atoms with Crippen molar-refractivity contribution in [2.24, 2.45) is 0 Å². The van der Waals surface area contributed by atoms with Crippen LogP contribution in [0.2, 0.25) is 0 Å². The van der Waals surface area contributed by atoms with Crippen molar-refractivity contribution in [3.8, 4) is 6.07 Å². The summed E-state index contributed by atoms with van der Waals surface area (Å²) in [6.07, 6.45) is 0.0363. The molecule has 0 fully saturated rings. The van der Waals surface area contributed by atoms with Crippen molar-refractivity contribution in [1.29, 1.82) is 5.26 Å². The molecule has 1 heterocycles. The number of nitrogens with zero attached hydrogens (tertiary/aromatic N) is 1. The Kier molecular flexibility index (Phi) is 6.12. The third-order valence-electron chi connectivity index (χ3n) is 4.05. The van der Waals surface area contributed by atoms with Crippen molar-refractivity contribution >= 4 is 11.9 Å². The van der Waals surface area contributed by atoms with E-state index in [0.29, 0.717) is 11.4 Å². The number of nitriles is 1. The zero-order valence-electron chi connectivity index (χ0n) is 14.8. The first-order chi connectivity index (χ1) is 12.4. The highest BCUT2D eigenvalue weighted by Crippen LogP contribution is 2.40. The lowest BCUT2D eigenvalue weighted by Gasteiger charge is -2.30. The van der Waals surface area contributed by atoms with Crippen LogP contribution < -0.4 is 5.32 Å². The topological polar surface area (TPSA) is 88.4 Å². The van der Waals surface area contributed by atoms with E-state index >= 15 is 0 Å². The van der Waals surface area contributed by atoms with Gasteiger partial charge >= 0.3 is 11.9 Å². The third kappa shape index (κ3) is 3.75. The van der Waals surface area contributed by atoms with Gasteiger partial charge in [-0.3, -0.25) is 0 Å². The molecule has 1 aliphatic rings. The second-order valence-electron chi connectivity index (χ2n) is 5.69. The van der Waals surface area contributed by atoms with Crippen molar-refractivity contribution in [3.05, 3.63) is 58.2 Å². The van der Waals surface area contributed by atoms with Crippen molar-refractivity contribution in [1.82, 2.24) is 5.32 Å². The number of rotatable bonds is 5. The highest BCUT2D eigenvalue weighted by Gasteiger charge is 2.38. The molecule has 2 rings (SSSR count). The molecular weight excluding hydrogens is 339 g/mol. The Morgan fingerprint density at radius 2 is 1.81 bits per heavy atom. The van der Waals surface area contributed by atoms with E-state index < -0.39 is 23.7 Å². The summed E-state index contributed by atoms with van der Waals surface area (Å²) in [7, 11) is 1.22. The fourth-order valence-corrected chi connectivity index (χ4v) is 2.93. The van der Waals surface area contributed by atoms with E-state index in [4.69, 9.17) is 14.7 Å². The Balaban J connectivity index is 2.58. The van der Waals surface area contributed by atoms with Gasteiger partial charge < -0.3 is 14.8 Å². The number of methoxy groups -OCH3 is 1. The van der Waals surface area contributed by atoms with Crippen LogP contribution in [0.5, 0.6) is 0 Å². The molecule has 0 bridgehead atoms. The molecule has 1 aliphatic heterocycles. The molecule has 0 aliphatic carbocycles. The molecule has 136 valence electrons. The second kappa shape index (κ2) is 8.30. The lowest BCUT2D eigenvalue weighted by atomic mass is 9.80. The van der Waals surface area contributed by atoms with Crippen LogP contribution in [0, 0.1) is 17.1 Å². The number of hydrogen-bond acceptors (Lipinski definition) is 6. The van der Waals surface area contributed by atoms with Gasteiger partial charge in [-0.25, -0.2) is 14.0 Å². The van der Waals surface area contributed by atoms with Crippen LogP contribution in [0.1, 0.15) is 31.7 Å². The van der Waals surface area contributed by atoms with E-state index in [2.05, 4.69) is 5.32 Å². The van der Waals surface area contributed by atoms with Gasteiger partial charge in [0.05, 0.1) is 36.7 Å². The molecule has 0 spiro atoms. The van der Waals surface area contributed by atoms with Gasteiger partial charge in [-0.1, -0.05) is 18.2 Å². The highest BCUT2D eigenvalue weighted by atomic mass is 19.1. The third-order valence-corrected chi connectivity index (χ3v) is 4.05. The van der Waals surface area contributed by atoms with Crippen LogP contribution in [0.4, 0.5) is 4.39 Å². The zero-order chi connectivity index (χ0) is 19.3. The summed E-state index contributed by atoms with van der Waals surface area (Å²) in [5, 5.41) is 11.6. The number of allylic oxidation sites excluding steroid dienone is 2. The Hall–Kier alpha value is -3.14. The smallest absolute Gasteiger partial charge is 0.336 e. The maximum absolute atomic E-state index is 14.5. The van der Waals surface area contributed by atoms with Gasteiger partial charge in [-0.2, -0.15) is 5.26 Å². The standard InChI is InChI=1S/C19H19FN2O4/c1-11-15(18(23)25-3)17(13-7-4-5-8-14(13)20)16(12(2)22-11)19(24)26-10-6-9-21/h4-5,7-8,17,22H,6,10H2,1-3H3. The largest absolute Gasteiger partial charge is 0.466 e. The van der Waals surface area contributed by atoms with Crippen molar-refractivity contribution < 1.29 is 23.5 Å². The van der Waals surface area contributed by atoms with E-state index in [0.717, 1.165) is 0 Å². The molecular formula is C19H19FN2O4. The van der Waals surface area contributed by atoms with Crippen molar-refractivity contribution in [2.45, 2.75) is 26.2 Å². The number of hydrogen-bond donors (Lipinski definition) is 1. The maximum atomic E-state index is 14.5. The molecule has 0 saturated carbocycles. The van der Waals surface area contributed by atoms with Crippen LogP contribution in [0.25, 0.3) is 0 Å². The Morgan fingerprint density at radius 1 is 1.19 bits per heavy atom. The van der Waals surface area contributed by atoms with Gasteiger partial charge in [0.1, 0.15) is 12.4 Å². The minimum Gasteiger partial charge on any atom is -0.466 e. The molecule has 0 radical (unpaired) electrons. The van der Waals surface area contributed by atoms with Crippen LogP contribution in [-0.4, -0.2) is 25.7 Å². The number of dihydropyridines is 1. The van der Waals surface area contributed by atoms with Gasteiger partial charge in [-0.15, -0.1) is 0 Å². The van der Waals surface area contributed by atoms with Gasteiger partial charge in [0.15, 0.2) is 0 Å². The summed E-state index contributed by atoms with van der Waals surface area (Å²) in [5.74, 6) is -2.91. The molecule has 1 aromatic carbocycles. The first-order valence-electron chi connectivity index (χ1n) is 7.97. The Bertz CT molecular complexity index is 836. The lowest BCUT2D eigenvalue weighted by Crippen LogP contribution is -2.32. The minimum atomic E-state index is -0.973. The Labute approximate surface area is 150 Å². The first kappa shape index (κ1) is 19.2. The normalized spacial score (nSPS) is 16.7. The number of carbonyl (C=O) groups is 2. The molecule has 0 amide bonds. The summed E-state index contributed by atoms with van der Waals surface area (Å²) in [6, 6.07) is 7.80. The number of ether oxygens (including phenoxy) is 2. The van der Waals surface area contributed by atoms with Crippen molar-refractivity contribution in [3.63, 3.8) is 0 Å². The SMILES string of the molecule is COC(=O)C1=C(C)NC(C)=C(C(=O)OCCC#N)C1c1ccccc1F. The van der Waals surface area contributed by atoms with E-state index in [1.165, 1.54) is 25.3 Å². The molecule has 7 heteroatoms. The lowest BCUT2D eigenvalue weighted by molar-refractivity contribution is -0.139. The number of nitrogens with one attached hydrogen (secondary N) is 1. The molecule has 6 nitrogen and oxygen atoms in total. The monoisotopic (exact) mass is 358 g/mol. The molecule has 1 unspecified atom stereocenters. The average molecular weight is 358 g/mol. The van der Waals surface area contributed by atoms with E-state index in [1.807, 2.05) is 6.07 Å². The highest BCUT2D eigenvalue weighted by molar-refractivity contribution is 5.99. The molecule has 26 heavy (non-hydrogen) atoms. The van der Waals surface area contributed by atoms with Gasteiger partial charge in [0.2, 0.25) is 0 Å². The fraction of sp³-hybridized carbons (Fsp3) is 0.316. The van der Waals surface area contributed by atoms with Crippen LogP contribution in [0.3, 0.4) is 0 Å². The predicted molar refractivity (Wildman–Crippen MR) is 90.9 cm³/mol. The molecule has 0 aromatic heterocycles. The summed E-state index contributed by atoms with van der Waals surface area (Å²) < 4.78 is 24.5. The minimum absolute atomic E-state index is 0.0363. The number of esters is 2. The summed E-state index contributed by atoms with van der Waals surface area (Å²) in [5.41, 5.74) is 1.33. The fourth-order valence-electron chi connectivity index (χ4n) is 2.93. The Morgan fingerprint density at radius 3 is 2.38 bits per heavy atom. The van der Waals surface area contributed by atoms with E-state index in [-0.39, 0.29) is 29.7 Å². The second-order valence-corrected chi connectivity index (χ2v) is 5.69. The van der Waals surface area contributed by atoms with E-state index in [1.54, 1.807) is 19.9 Å².